The zero-order valence-electron chi connectivity index (χ0n) is 16.8. The number of thiophene rings is 1. The molecular formula is C18H18ClN3O6S3. The number of aryl methyl sites for hydroxylation is 3. The van der Waals surface area contributed by atoms with Crippen LogP contribution in [0.4, 0.5) is 11.6 Å². The summed E-state index contributed by atoms with van der Waals surface area (Å²) in [4.78, 5) is 12.7. The maximum atomic E-state index is 12.9. The van der Waals surface area contributed by atoms with Crippen LogP contribution in [0.5, 0.6) is 0 Å². The molecule has 0 fully saturated rings. The van der Waals surface area contributed by atoms with Gasteiger partial charge in [0.2, 0.25) is 0 Å². The van der Waals surface area contributed by atoms with Crippen molar-refractivity contribution >= 4 is 60.3 Å². The number of carbonyl (C=O) groups excluding carboxylic acids is 1. The standard InChI is InChI=1S/C18H18ClN3O6S3/c1-9-7-12(30(4,24)25)8-10(2)15(9)20-17(23)16-13(5-6-29-16)31(26,27)22-18-14(19)11(3)21-28-18/h5-8,22H,1-4H3,(H,20,23). The van der Waals surface area contributed by atoms with E-state index in [1.54, 1.807) is 20.8 Å². The second-order valence-electron chi connectivity index (χ2n) is 6.79. The van der Waals surface area contributed by atoms with Crippen LogP contribution in [0.25, 0.3) is 0 Å². The number of carbonyl (C=O) groups is 1. The van der Waals surface area contributed by atoms with Crippen LogP contribution < -0.4 is 10.0 Å². The van der Waals surface area contributed by atoms with Gasteiger partial charge in [-0.1, -0.05) is 16.8 Å². The largest absolute Gasteiger partial charge is 0.336 e. The van der Waals surface area contributed by atoms with Crippen LogP contribution in [0.15, 0.2) is 37.9 Å². The Morgan fingerprint density at radius 1 is 1.13 bits per heavy atom. The third kappa shape index (κ3) is 4.76. The van der Waals surface area contributed by atoms with E-state index in [2.05, 4.69) is 15.2 Å². The molecule has 0 spiro atoms. The van der Waals surface area contributed by atoms with Crippen LogP contribution in [0.3, 0.4) is 0 Å². The van der Waals surface area contributed by atoms with E-state index >= 15 is 0 Å². The topological polar surface area (TPSA) is 135 Å². The molecule has 13 heteroatoms. The van der Waals surface area contributed by atoms with E-state index in [4.69, 9.17) is 16.1 Å². The van der Waals surface area contributed by atoms with Crippen LogP contribution in [0, 0.1) is 20.8 Å². The molecule has 0 radical (unpaired) electrons. The summed E-state index contributed by atoms with van der Waals surface area (Å²) in [7, 11) is -7.61. The number of anilines is 2. The molecular weight excluding hydrogens is 486 g/mol. The Bertz CT molecular complexity index is 1370. The first-order valence-corrected chi connectivity index (χ1v) is 13.3. The number of halogens is 1. The lowest BCUT2D eigenvalue weighted by molar-refractivity contribution is 0.102. The summed E-state index contributed by atoms with van der Waals surface area (Å²) < 4.78 is 56.3. The van der Waals surface area contributed by atoms with Gasteiger partial charge in [0.05, 0.1) is 4.90 Å². The van der Waals surface area contributed by atoms with Crippen molar-refractivity contribution in [1.29, 1.82) is 0 Å². The lowest BCUT2D eigenvalue weighted by atomic mass is 10.1. The number of hydrogen-bond donors (Lipinski definition) is 2. The third-order valence-electron chi connectivity index (χ3n) is 4.32. The number of nitrogens with zero attached hydrogens (tertiary/aromatic N) is 1. The summed E-state index contributed by atoms with van der Waals surface area (Å²) in [5.41, 5.74) is 1.76. The highest BCUT2D eigenvalue weighted by Gasteiger charge is 2.27. The Morgan fingerprint density at radius 2 is 1.74 bits per heavy atom. The predicted octanol–water partition coefficient (Wildman–Crippen LogP) is 3.77. The molecule has 0 atom stereocenters. The highest BCUT2D eigenvalue weighted by atomic mass is 35.5. The predicted molar refractivity (Wildman–Crippen MR) is 118 cm³/mol. The quantitative estimate of drug-likeness (QED) is 0.522. The molecule has 3 rings (SSSR count). The summed E-state index contributed by atoms with van der Waals surface area (Å²) in [5.74, 6) is -0.909. The molecule has 2 aromatic heterocycles. The molecule has 166 valence electrons. The van der Waals surface area contributed by atoms with E-state index in [-0.39, 0.29) is 25.6 Å². The SMILES string of the molecule is Cc1cc(S(C)(=O)=O)cc(C)c1NC(=O)c1sccc1S(=O)(=O)Nc1onc(C)c1Cl. The fraction of sp³-hybridized carbons (Fsp3) is 0.222. The smallest absolute Gasteiger partial charge is 0.267 e. The maximum Gasteiger partial charge on any atom is 0.267 e. The first-order chi connectivity index (χ1) is 14.3. The first-order valence-electron chi connectivity index (χ1n) is 8.66. The average molecular weight is 504 g/mol. The second kappa shape index (κ2) is 8.26. The van der Waals surface area contributed by atoms with E-state index in [0.717, 1.165) is 17.6 Å². The molecule has 0 unspecified atom stereocenters. The molecule has 2 heterocycles. The van der Waals surface area contributed by atoms with Crippen LogP contribution in [-0.4, -0.2) is 34.2 Å². The van der Waals surface area contributed by atoms with E-state index in [9.17, 15) is 21.6 Å². The van der Waals surface area contributed by atoms with Crippen molar-refractivity contribution in [2.24, 2.45) is 0 Å². The summed E-state index contributed by atoms with van der Waals surface area (Å²) in [6, 6.07) is 4.17. The fourth-order valence-electron chi connectivity index (χ4n) is 2.78. The van der Waals surface area contributed by atoms with Crippen LogP contribution in [0.2, 0.25) is 5.02 Å². The third-order valence-corrected chi connectivity index (χ3v) is 8.27. The molecule has 1 aromatic carbocycles. The van der Waals surface area contributed by atoms with Crippen molar-refractivity contribution in [1.82, 2.24) is 5.16 Å². The highest BCUT2D eigenvalue weighted by molar-refractivity contribution is 7.93. The molecule has 3 aromatic rings. The second-order valence-corrected chi connectivity index (χ2v) is 11.7. The lowest BCUT2D eigenvalue weighted by Gasteiger charge is -2.14. The van der Waals surface area contributed by atoms with Gasteiger partial charge in [-0.3, -0.25) is 4.79 Å². The van der Waals surface area contributed by atoms with Gasteiger partial charge in [0.1, 0.15) is 20.5 Å². The Hall–Kier alpha value is -2.41. The van der Waals surface area contributed by atoms with Crippen molar-refractivity contribution in [3.8, 4) is 0 Å². The van der Waals surface area contributed by atoms with E-state index < -0.39 is 25.8 Å². The van der Waals surface area contributed by atoms with Gasteiger partial charge in [-0.25, -0.2) is 21.6 Å². The minimum atomic E-state index is -4.19. The van der Waals surface area contributed by atoms with Gasteiger partial charge in [-0.05, 0) is 55.5 Å². The van der Waals surface area contributed by atoms with Crippen molar-refractivity contribution in [2.45, 2.75) is 30.6 Å². The van der Waals surface area contributed by atoms with Crippen molar-refractivity contribution in [3.63, 3.8) is 0 Å². The monoisotopic (exact) mass is 503 g/mol. The Morgan fingerprint density at radius 3 is 2.26 bits per heavy atom. The fourth-order valence-corrected chi connectivity index (χ4v) is 6.05. The number of rotatable bonds is 6. The average Bonchev–Trinajstić information content (AvgIpc) is 3.27. The van der Waals surface area contributed by atoms with Gasteiger partial charge >= 0.3 is 0 Å². The number of aromatic nitrogens is 1. The van der Waals surface area contributed by atoms with Gasteiger partial charge in [0.15, 0.2) is 9.84 Å². The van der Waals surface area contributed by atoms with Gasteiger partial charge in [-0.2, -0.15) is 0 Å². The zero-order valence-corrected chi connectivity index (χ0v) is 20.0. The Balaban J connectivity index is 1.92. The molecule has 0 aliphatic carbocycles. The number of benzene rings is 1. The van der Waals surface area contributed by atoms with Gasteiger partial charge < -0.3 is 9.84 Å². The Kier molecular flexibility index (Phi) is 6.20. The normalized spacial score (nSPS) is 12.0. The molecule has 31 heavy (non-hydrogen) atoms. The number of nitrogens with one attached hydrogen (secondary N) is 2. The lowest BCUT2D eigenvalue weighted by Crippen LogP contribution is -2.19. The number of amides is 1. The summed E-state index contributed by atoms with van der Waals surface area (Å²) in [6.07, 6.45) is 1.09. The van der Waals surface area contributed by atoms with Gasteiger partial charge in [0, 0.05) is 11.9 Å². The molecule has 2 N–H and O–H groups in total. The van der Waals surface area contributed by atoms with E-state index in [0.29, 0.717) is 22.5 Å². The molecule has 0 aliphatic heterocycles. The van der Waals surface area contributed by atoms with Gasteiger partial charge in [0.25, 0.3) is 21.8 Å². The number of hydrogen-bond acceptors (Lipinski definition) is 8. The molecule has 1 amide bonds. The summed E-state index contributed by atoms with van der Waals surface area (Å²) in [6.45, 7) is 4.85. The summed E-state index contributed by atoms with van der Waals surface area (Å²) >= 11 is 6.90. The molecule has 0 saturated carbocycles. The minimum absolute atomic E-state index is 0.0158. The van der Waals surface area contributed by atoms with Crippen molar-refractivity contribution in [2.75, 3.05) is 16.3 Å². The zero-order chi connectivity index (χ0) is 23.1. The highest BCUT2D eigenvalue weighted by Crippen LogP contribution is 2.31. The number of sulfone groups is 1. The Labute approximate surface area is 188 Å². The molecule has 0 saturated heterocycles. The van der Waals surface area contributed by atoms with Crippen LogP contribution in [0.1, 0.15) is 26.5 Å². The maximum absolute atomic E-state index is 12.9. The van der Waals surface area contributed by atoms with E-state index in [1.165, 1.54) is 23.6 Å². The van der Waals surface area contributed by atoms with Crippen molar-refractivity contribution < 1.29 is 26.2 Å². The molecule has 0 bridgehead atoms. The molecule has 0 aliphatic rings. The molecule has 9 nitrogen and oxygen atoms in total. The first kappa shape index (κ1) is 23.3. The van der Waals surface area contributed by atoms with Crippen LogP contribution >= 0.6 is 22.9 Å². The number of sulfonamides is 1. The van der Waals surface area contributed by atoms with Crippen molar-refractivity contribution in [3.05, 3.63) is 50.3 Å². The van der Waals surface area contributed by atoms with Crippen LogP contribution in [-0.2, 0) is 19.9 Å². The minimum Gasteiger partial charge on any atom is -0.336 e. The summed E-state index contributed by atoms with van der Waals surface area (Å²) in [5, 5.41) is 7.74. The van der Waals surface area contributed by atoms with Gasteiger partial charge in [-0.15, -0.1) is 11.3 Å². The van der Waals surface area contributed by atoms with E-state index in [1.807, 2.05) is 0 Å².